The molecule has 2 bridgehead atoms. The van der Waals surface area contributed by atoms with Gasteiger partial charge in [-0.2, -0.15) is 13.2 Å². The van der Waals surface area contributed by atoms with E-state index in [1.807, 2.05) is 0 Å². The van der Waals surface area contributed by atoms with E-state index < -0.39 is 11.7 Å². The molecule has 1 aliphatic heterocycles. The van der Waals surface area contributed by atoms with E-state index in [0.717, 1.165) is 30.7 Å². The van der Waals surface area contributed by atoms with E-state index in [0.29, 0.717) is 22.1 Å². The van der Waals surface area contributed by atoms with Crippen molar-refractivity contribution in [1.82, 2.24) is 10.6 Å². The molecule has 3 aliphatic carbocycles. The molecule has 4 fully saturated rings. The minimum atomic E-state index is -4.55. The van der Waals surface area contributed by atoms with Crippen LogP contribution in [-0.2, 0) is 6.18 Å². The number of benzene rings is 1. The first kappa shape index (κ1) is 18.2. The molecule has 1 aromatic heterocycles. The van der Waals surface area contributed by atoms with E-state index in [2.05, 4.69) is 10.6 Å². The molecule has 6 rings (SSSR count). The molecule has 1 spiro atoms. The lowest BCUT2D eigenvalue weighted by molar-refractivity contribution is -0.137. The Labute approximate surface area is 164 Å². The van der Waals surface area contributed by atoms with Crippen molar-refractivity contribution >= 4 is 27.3 Å². The minimum absolute atomic E-state index is 0.00780. The Hall–Kier alpha value is -1.80. The third-order valence-electron chi connectivity index (χ3n) is 6.77. The summed E-state index contributed by atoms with van der Waals surface area (Å²) in [6.07, 6.45) is 0.0685. The average molecular weight is 410 g/mol. The second kappa shape index (κ2) is 6.10. The first-order valence-corrected chi connectivity index (χ1v) is 10.4. The van der Waals surface area contributed by atoms with Crippen molar-refractivity contribution in [3.63, 3.8) is 0 Å². The highest BCUT2D eigenvalue weighted by molar-refractivity contribution is 7.21. The fourth-order valence-electron chi connectivity index (χ4n) is 5.35. The number of carbonyl (C=O) groups is 1. The standard InChI is InChI=1S/C20H21F3N2O2S/c1-27-13-7-4-11-8-14(28-16(11)15(13)20(21,22)23)18(26)25-17-10-2-5-12(6-3-10)19(17)9-24-19/h4,7-8,10,12,17,24H,2-3,5-6,9H2,1H3,(H,25,26)/t10?,12?,17?,19-/m0/s1. The number of amides is 1. The highest BCUT2D eigenvalue weighted by atomic mass is 32.1. The highest BCUT2D eigenvalue weighted by Gasteiger charge is 2.61. The monoisotopic (exact) mass is 410 g/mol. The molecule has 1 unspecified atom stereocenters. The molecule has 2 heterocycles. The average Bonchev–Trinajstić information content (AvgIpc) is 3.32. The summed E-state index contributed by atoms with van der Waals surface area (Å²) < 4.78 is 45.7. The summed E-state index contributed by atoms with van der Waals surface area (Å²) in [5, 5.41) is 7.06. The van der Waals surface area contributed by atoms with Crippen LogP contribution in [0.15, 0.2) is 18.2 Å². The van der Waals surface area contributed by atoms with E-state index in [9.17, 15) is 18.0 Å². The number of thiophene rings is 1. The molecule has 3 saturated carbocycles. The summed E-state index contributed by atoms with van der Waals surface area (Å²) in [6, 6.07) is 4.50. The van der Waals surface area contributed by atoms with Crippen LogP contribution in [0.5, 0.6) is 5.75 Å². The van der Waals surface area contributed by atoms with Crippen LogP contribution in [0.2, 0.25) is 0 Å². The van der Waals surface area contributed by atoms with Crippen LogP contribution in [0.25, 0.3) is 10.1 Å². The van der Waals surface area contributed by atoms with Gasteiger partial charge in [-0.3, -0.25) is 4.79 Å². The Morgan fingerprint density at radius 1 is 1.29 bits per heavy atom. The molecule has 0 radical (unpaired) electrons. The molecule has 2 aromatic rings. The maximum absolute atomic E-state index is 13.6. The van der Waals surface area contributed by atoms with Crippen LogP contribution in [0.1, 0.15) is 40.9 Å². The van der Waals surface area contributed by atoms with Gasteiger partial charge in [0.2, 0.25) is 0 Å². The van der Waals surface area contributed by atoms with Crippen molar-refractivity contribution in [1.29, 1.82) is 0 Å². The third-order valence-corrected chi connectivity index (χ3v) is 7.94. The van der Waals surface area contributed by atoms with Crippen molar-refractivity contribution in [2.24, 2.45) is 11.8 Å². The number of methoxy groups -OCH3 is 1. The molecule has 2 N–H and O–H groups in total. The van der Waals surface area contributed by atoms with Crippen LogP contribution >= 0.6 is 11.3 Å². The molecular formula is C20H21F3N2O2S. The molecule has 1 saturated heterocycles. The summed E-state index contributed by atoms with van der Waals surface area (Å²) in [5.74, 6) is 0.536. The molecule has 8 heteroatoms. The number of carbonyl (C=O) groups excluding carboxylic acids is 1. The molecule has 1 amide bonds. The second-order valence-corrected chi connectivity index (χ2v) is 9.18. The Morgan fingerprint density at radius 2 is 2.00 bits per heavy atom. The molecule has 2 atom stereocenters. The molecule has 28 heavy (non-hydrogen) atoms. The fraction of sp³-hybridized carbons (Fsp3) is 0.550. The predicted molar refractivity (Wildman–Crippen MR) is 101 cm³/mol. The van der Waals surface area contributed by atoms with Crippen molar-refractivity contribution in [2.45, 2.75) is 43.4 Å². The lowest BCUT2D eigenvalue weighted by atomic mass is 9.61. The van der Waals surface area contributed by atoms with Crippen molar-refractivity contribution in [3.8, 4) is 5.75 Å². The Kier molecular flexibility index (Phi) is 3.97. The third kappa shape index (κ3) is 2.64. The summed E-state index contributed by atoms with van der Waals surface area (Å²) >= 11 is 0.885. The molecule has 4 nitrogen and oxygen atoms in total. The number of ether oxygens (including phenoxy) is 1. The first-order chi connectivity index (χ1) is 13.3. The van der Waals surface area contributed by atoms with Gasteiger partial charge in [-0.05, 0) is 61.1 Å². The van der Waals surface area contributed by atoms with E-state index in [1.165, 1.54) is 26.0 Å². The van der Waals surface area contributed by atoms with Gasteiger partial charge in [0.25, 0.3) is 5.91 Å². The Balaban J connectivity index is 1.47. The number of alkyl halides is 3. The van der Waals surface area contributed by atoms with Gasteiger partial charge >= 0.3 is 6.18 Å². The number of hydrogen-bond donors (Lipinski definition) is 2. The molecule has 4 aliphatic rings. The van der Waals surface area contributed by atoms with E-state index in [-0.39, 0.29) is 27.9 Å². The zero-order valence-electron chi connectivity index (χ0n) is 15.4. The number of fused-ring (bicyclic) bond motifs is 3. The van der Waals surface area contributed by atoms with Gasteiger partial charge in [0, 0.05) is 6.54 Å². The summed E-state index contributed by atoms with van der Waals surface area (Å²) in [6.45, 7) is 0.918. The van der Waals surface area contributed by atoms with Gasteiger partial charge in [0.05, 0.1) is 28.3 Å². The normalized spacial score (nSPS) is 31.4. The zero-order chi connectivity index (χ0) is 19.7. The van der Waals surface area contributed by atoms with Crippen LogP contribution in [0.3, 0.4) is 0 Å². The van der Waals surface area contributed by atoms with Gasteiger partial charge in [-0.1, -0.05) is 0 Å². The van der Waals surface area contributed by atoms with E-state index in [4.69, 9.17) is 4.74 Å². The Bertz CT molecular complexity index is 943. The van der Waals surface area contributed by atoms with E-state index in [1.54, 1.807) is 12.1 Å². The number of rotatable bonds is 3. The quantitative estimate of drug-likeness (QED) is 0.746. The smallest absolute Gasteiger partial charge is 0.421 e. The lowest BCUT2D eigenvalue weighted by Crippen LogP contribution is -2.60. The number of hydrogen-bond acceptors (Lipinski definition) is 4. The van der Waals surface area contributed by atoms with Crippen LogP contribution < -0.4 is 15.4 Å². The maximum atomic E-state index is 13.6. The SMILES string of the molecule is COc1ccc2cc(C(=O)NC3C4CCC(CC4)[C@@]34CN4)sc2c1C(F)(F)F. The van der Waals surface area contributed by atoms with Gasteiger partial charge in [-0.25, -0.2) is 0 Å². The van der Waals surface area contributed by atoms with Gasteiger partial charge in [0.15, 0.2) is 0 Å². The van der Waals surface area contributed by atoms with Crippen LogP contribution in [0, 0.1) is 11.8 Å². The highest BCUT2D eigenvalue weighted by Crippen LogP contribution is 2.52. The van der Waals surface area contributed by atoms with Crippen LogP contribution in [-0.4, -0.2) is 31.1 Å². The van der Waals surface area contributed by atoms with Gasteiger partial charge in [0.1, 0.15) is 11.3 Å². The second-order valence-electron chi connectivity index (χ2n) is 8.13. The molecule has 150 valence electrons. The maximum Gasteiger partial charge on any atom is 0.421 e. The predicted octanol–water partition coefficient (Wildman–Crippen LogP) is 4.19. The number of halogens is 3. The minimum Gasteiger partial charge on any atom is -0.496 e. The number of nitrogens with one attached hydrogen (secondary N) is 2. The molecule has 1 aromatic carbocycles. The van der Waals surface area contributed by atoms with Crippen molar-refractivity contribution in [2.75, 3.05) is 13.7 Å². The fourth-order valence-corrected chi connectivity index (χ4v) is 6.47. The largest absolute Gasteiger partial charge is 0.496 e. The Morgan fingerprint density at radius 3 is 2.61 bits per heavy atom. The van der Waals surface area contributed by atoms with Gasteiger partial charge in [-0.15, -0.1) is 11.3 Å². The van der Waals surface area contributed by atoms with Crippen LogP contribution in [0.4, 0.5) is 13.2 Å². The van der Waals surface area contributed by atoms with Gasteiger partial charge < -0.3 is 15.4 Å². The summed E-state index contributed by atoms with van der Waals surface area (Å²) in [5.41, 5.74) is -0.804. The topological polar surface area (TPSA) is 60.3 Å². The first-order valence-electron chi connectivity index (χ1n) is 9.57. The van der Waals surface area contributed by atoms with Crippen molar-refractivity contribution in [3.05, 3.63) is 28.6 Å². The lowest BCUT2D eigenvalue weighted by Gasteiger charge is -2.48. The van der Waals surface area contributed by atoms with Crippen molar-refractivity contribution < 1.29 is 22.7 Å². The summed E-state index contributed by atoms with van der Waals surface area (Å²) in [7, 11) is 1.22. The van der Waals surface area contributed by atoms with E-state index >= 15 is 0 Å². The zero-order valence-corrected chi connectivity index (χ0v) is 16.2. The summed E-state index contributed by atoms with van der Waals surface area (Å²) in [4.78, 5) is 13.3. The molecular weight excluding hydrogens is 389 g/mol.